The molecule has 2 fully saturated rings. The summed E-state index contributed by atoms with van der Waals surface area (Å²) in [5, 5.41) is 4.13. The molecule has 24 heavy (non-hydrogen) atoms. The predicted octanol–water partition coefficient (Wildman–Crippen LogP) is 2.93. The Hall–Kier alpha value is -1.79. The molecule has 2 aliphatic rings. The molecule has 0 bridgehead atoms. The van der Waals surface area contributed by atoms with Gasteiger partial charge in [0.25, 0.3) is 0 Å². The highest BCUT2D eigenvalue weighted by Crippen LogP contribution is 2.38. The molecule has 1 aromatic heterocycles. The van der Waals surface area contributed by atoms with E-state index in [-0.39, 0.29) is 17.3 Å². The van der Waals surface area contributed by atoms with Crippen molar-refractivity contribution in [3.63, 3.8) is 0 Å². The molecule has 1 unspecified atom stereocenters. The lowest BCUT2D eigenvalue weighted by atomic mass is 9.77. The number of nitrogens with two attached hydrogens (primary N) is 1. The Morgan fingerprint density at radius 2 is 2.21 bits per heavy atom. The lowest BCUT2D eigenvalue weighted by Gasteiger charge is -2.34. The first-order valence-corrected chi connectivity index (χ1v) is 8.72. The summed E-state index contributed by atoms with van der Waals surface area (Å²) in [6, 6.07) is 6.80. The largest absolute Gasteiger partial charge is 0.339 e. The molecule has 0 radical (unpaired) electrons. The summed E-state index contributed by atoms with van der Waals surface area (Å²) < 4.78 is 18.9. The van der Waals surface area contributed by atoms with Gasteiger partial charge >= 0.3 is 0 Å². The van der Waals surface area contributed by atoms with Gasteiger partial charge in [0.15, 0.2) is 5.82 Å². The zero-order valence-electron chi connectivity index (χ0n) is 13.7. The molecule has 2 N–H and O–H groups in total. The fraction of sp³-hybridized carbons (Fsp3) is 0.556. The molecule has 1 saturated carbocycles. The number of piperidine rings is 1. The van der Waals surface area contributed by atoms with Gasteiger partial charge in [0.05, 0.1) is 11.5 Å². The van der Waals surface area contributed by atoms with Crippen LogP contribution in [0.5, 0.6) is 0 Å². The van der Waals surface area contributed by atoms with Crippen LogP contribution in [0.4, 0.5) is 4.39 Å². The normalized spacial score (nSPS) is 23.8. The third-order valence-electron chi connectivity index (χ3n) is 5.28. The quantitative estimate of drug-likeness (QED) is 0.933. The maximum Gasteiger partial charge on any atom is 0.231 e. The number of benzene rings is 1. The van der Waals surface area contributed by atoms with Gasteiger partial charge in [-0.15, -0.1) is 0 Å². The first-order valence-electron chi connectivity index (χ1n) is 8.72. The van der Waals surface area contributed by atoms with E-state index in [1.54, 1.807) is 12.1 Å². The number of halogens is 1. The van der Waals surface area contributed by atoms with Crippen LogP contribution in [0.2, 0.25) is 0 Å². The van der Waals surface area contributed by atoms with Crippen molar-refractivity contribution in [2.45, 2.75) is 50.1 Å². The molecule has 1 aliphatic carbocycles. The minimum absolute atomic E-state index is 0.184. The standard InChI is InChI=1S/C18H23FN4O/c19-15-6-1-4-13(10-15)11-23-9-2-5-14(12-23)16-21-17(22-24-16)18(20)7-3-8-18/h1,4,6,10,14H,2-3,5,7-9,11-12,20H2. The fourth-order valence-electron chi connectivity index (χ4n) is 3.68. The third kappa shape index (κ3) is 3.08. The van der Waals surface area contributed by atoms with Gasteiger partial charge < -0.3 is 10.3 Å². The highest BCUT2D eigenvalue weighted by molar-refractivity contribution is 5.16. The zero-order valence-corrected chi connectivity index (χ0v) is 13.7. The Bertz CT molecular complexity index is 713. The molecule has 128 valence electrons. The van der Waals surface area contributed by atoms with E-state index in [4.69, 9.17) is 10.3 Å². The second kappa shape index (κ2) is 6.26. The minimum Gasteiger partial charge on any atom is -0.339 e. The van der Waals surface area contributed by atoms with Crippen LogP contribution in [0.15, 0.2) is 28.8 Å². The first kappa shape index (κ1) is 15.7. The second-order valence-corrected chi connectivity index (χ2v) is 7.17. The van der Waals surface area contributed by atoms with Crippen LogP contribution in [0, 0.1) is 5.82 Å². The van der Waals surface area contributed by atoms with Crippen LogP contribution >= 0.6 is 0 Å². The summed E-state index contributed by atoms with van der Waals surface area (Å²) >= 11 is 0. The van der Waals surface area contributed by atoms with E-state index in [0.29, 0.717) is 11.7 Å². The molecule has 2 heterocycles. The van der Waals surface area contributed by atoms with Crippen molar-refractivity contribution in [1.82, 2.24) is 15.0 Å². The minimum atomic E-state index is -0.377. The van der Waals surface area contributed by atoms with Gasteiger partial charge in [-0.2, -0.15) is 4.98 Å². The lowest BCUT2D eigenvalue weighted by Crippen LogP contribution is -2.44. The molecule has 1 saturated heterocycles. The average Bonchev–Trinajstić information content (AvgIpc) is 3.03. The summed E-state index contributed by atoms with van der Waals surface area (Å²) in [5.41, 5.74) is 6.90. The van der Waals surface area contributed by atoms with Crippen LogP contribution in [0.3, 0.4) is 0 Å². The number of hydrogen-bond donors (Lipinski definition) is 1. The fourth-order valence-corrected chi connectivity index (χ4v) is 3.68. The van der Waals surface area contributed by atoms with Gasteiger partial charge in [0, 0.05) is 13.1 Å². The molecule has 0 spiro atoms. The highest BCUT2D eigenvalue weighted by atomic mass is 19.1. The second-order valence-electron chi connectivity index (χ2n) is 7.17. The van der Waals surface area contributed by atoms with E-state index in [9.17, 15) is 4.39 Å². The average molecular weight is 330 g/mol. The van der Waals surface area contributed by atoms with Crippen LogP contribution in [-0.4, -0.2) is 28.1 Å². The number of nitrogens with zero attached hydrogens (tertiary/aromatic N) is 3. The van der Waals surface area contributed by atoms with Crippen LogP contribution in [0.25, 0.3) is 0 Å². The summed E-state index contributed by atoms with van der Waals surface area (Å²) in [4.78, 5) is 6.92. The summed E-state index contributed by atoms with van der Waals surface area (Å²) in [6.07, 6.45) is 5.11. The SMILES string of the molecule is NC1(c2noc(C3CCCN(Cc4cccc(F)c4)C3)n2)CCC1. The Morgan fingerprint density at radius 3 is 2.96 bits per heavy atom. The van der Waals surface area contributed by atoms with Crippen LogP contribution in [-0.2, 0) is 12.1 Å². The zero-order chi connectivity index (χ0) is 16.6. The number of aromatic nitrogens is 2. The third-order valence-corrected chi connectivity index (χ3v) is 5.28. The van der Waals surface area contributed by atoms with Crippen molar-refractivity contribution in [3.05, 3.63) is 47.4 Å². The number of likely N-dealkylation sites (tertiary alicyclic amines) is 1. The molecular weight excluding hydrogens is 307 g/mol. The smallest absolute Gasteiger partial charge is 0.231 e. The van der Waals surface area contributed by atoms with Crippen LogP contribution in [0.1, 0.15) is 55.3 Å². The maximum absolute atomic E-state index is 13.4. The summed E-state index contributed by atoms with van der Waals surface area (Å²) in [6.45, 7) is 2.61. The van der Waals surface area contributed by atoms with E-state index < -0.39 is 0 Å². The van der Waals surface area contributed by atoms with Gasteiger partial charge in [0.2, 0.25) is 5.89 Å². The first-order chi connectivity index (χ1) is 11.6. The van der Waals surface area contributed by atoms with Crippen LogP contribution < -0.4 is 5.73 Å². The van der Waals surface area contributed by atoms with Crippen molar-refractivity contribution < 1.29 is 8.91 Å². The van der Waals surface area contributed by atoms with Crippen molar-refractivity contribution in [2.24, 2.45) is 5.73 Å². The molecule has 6 heteroatoms. The Balaban J connectivity index is 1.43. The van der Waals surface area contributed by atoms with E-state index >= 15 is 0 Å². The lowest BCUT2D eigenvalue weighted by molar-refractivity contribution is 0.179. The molecule has 1 atom stereocenters. The molecule has 4 rings (SSSR count). The molecule has 5 nitrogen and oxygen atoms in total. The van der Waals surface area contributed by atoms with E-state index in [0.717, 1.165) is 57.3 Å². The predicted molar refractivity (Wildman–Crippen MR) is 87.7 cm³/mol. The van der Waals surface area contributed by atoms with Crippen molar-refractivity contribution in [3.8, 4) is 0 Å². The summed E-state index contributed by atoms with van der Waals surface area (Å²) in [5.74, 6) is 1.41. The Labute approximate surface area is 141 Å². The molecular formula is C18H23FN4O. The van der Waals surface area contributed by atoms with E-state index in [1.807, 2.05) is 6.07 Å². The monoisotopic (exact) mass is 330 g/mol. The topological polar surface area (TPSA) is 68.2 Å². The highest BCUT2D eigenvalue weighted by Gasteiger charge is 2.39. The van der Waals surface area contributed by atoms with Gasteiger partial charge in [-0.05, 0) is 56.3 Å². The molecule has 1 aromatic carbocycles. The van der Waals surface area contributed by atoms with Gasteiger partial charge in [-0.3, -0.25) is 4.90 Å². The van der Waals surface area contributed by atoms with Gasteiger partial charge in [-0.25, -0.2) is 4.39 Å². The van der Waals surface area contributed by atoms with Gasteiger partial charge in [0.1, 0.15) is 5.82 Å². The van der Waals surface area contributed by atoms with Gasteiger partial charge in [-0.1, -0.05) is 17.3 Å². The van der Waals surface area contributed by atoms with Crippen molar-refractivity contribution >= 4 is 0 Å². The summed E-state index contributed by atoms with van der Waals surface area (Å²) in [7, 11) is 0. The Morgan fingerprint density at radius 1 is 1.33 bits per heavy atom. The number of hydrogen-bond acceptors (Lipinski definition) is 5. The Kier molecular flexibility index (Phi) is 4.10. The number of rotatable bonds is 4. The molecule has 2 aromatic rings. The molecule has 0 amide bonds. The maximum atomic E-state index is 13.4. The van der Waals surface area contributed by atoms with Crippen molar-refractivity contribution in [2.75, 3.05) is 13.1 Å². The van der Waals surface area contributed by atoms with E-state index in [2.05, 4.69) is 15.0 Å². The van der Waals surface area contributed by atoms with Crippen molar-refractivity contribution in [1.29, 1.82) is 0 Å². The van der Waals surface area contributed by atoms with E-state index in [1.165, 1.54) is 6.07 Å². The molecule has 1 aliphatic heterocycles.